The second kappa shape index (κ2) is 6.11. The number of nitrogens with zero attached hydrogens (tertiary/aromatic N) is 1. The van der Waals surface area contributed by atoms with E-state index in [4.69, 9.17) is 5.73 Å². The number of carbonyl (C=O) groups excluding carboxylic acids is 5. The fraction of sp³-hybridized carbons (Fsp3) is 0.522. The number of hydrogen-bond acceptors (Lipinski definition) is 8. The van der Waals surface area contributed by atoms with Crippen molar-refractivity contribution in [3.63, 3.8) is 0 Å². The summed E-state index contributed by atoms with van der Waals surface area (Å²) in [6, 6.07) is 2.06. The highest BCUT2D eigenvalue weighted by Gasteiger charge is 2.72. The Labute approximate surface area is 183 Å². The predicted octanol–water partition coefficient (Wildman–Crippen LogP) is -0.862. The van der Waals surface area contributed by atoms with Gasteiger partial charge in [-0.25, -0.2) is 0 Å². The topological polar surface area (TPSA) is 155 Å². The summed E-state index contributed by atoms with van der Waals surface area (Å²) in [4.78, 5) is 66.9. The third-order valence-corrected chi connectivity index (χ3v) is 8.29. The zero-order valence-electron chi connectivity index (χ0n) is 17.9. The van der Waals surface area contributed by atoms with Crippen LogP contribution < -0.4 is 5.73 Å². The molecule has 5 rings (SSSR count). The van der Waals surface area contributed by atoms with Crippen molar-refractivity contribution in [2.24, 2.45) is 29.4 Å². The SMILES string of the molecule is CN(C)C1C(=O)C(C(N)=O)C(=O)C2(O)C(=O)C3C(=O)c4c(O)ccc5c4C(C)(C5)C3CC12. The molecule has 0 aromatic heterocycles. The fourth-order valence-electron chi connectivity index (χ4n) is 6.91. The van der Waals surface area contributed by atoms with Gasteiger partial charge >= 0.3 is 0 Å². The lowest BCUT2D eigenvalue weighted by Crippen LogP contribution is -2.75. The molecule has 2 fully saturated rings. The average Bonchev–Trinajstić information content (AvgIpc) is 2.68. The van der Waals surface area contributed by atoms with Crippen LogP contribution in [0.1, 0.15) is 34.8 Å². The summed E-state index contributed by atoms with van der Waals surface area (Å²) in [5.74, 6) is -10.1. The molecule has 4 aliphatic carbocycles. The molecule has 9 nitrogen and oxygen atoms in total. The normalized spacial score (nSPS) is 39.8. The molecule has 1 amide bonds. The van der Waals surface area contributed by atoms with E-state index in [1.54, 1.807) is 20.2 Å². The van der Waals surface area contributed by atoms with Crippen molar-refractivity contribution in [2.75, 3.05) is 14.1 Å². The van der Waals surface area contributed by atoms with Gasteiger partial charge in [-0.05, 0) is 50.0 Å². The highest BCUT2D eigenvalue weighted by Crippen LogP contribution is 2.61. The van der Waals surface area contributed by atoms with Gasteiger partial charge in [-0.2, -0.15) is 0 Å². The van der Waals surface area contributed by atoms with Crippen LogP contribution in [0.5, 0.6) is 5.75 Å². The van der Waals surface area contributed by atoms with Crippen molar-refractivity contribution in [3.05, 3.63) is 28.8 Å². The van der Waals surface area contributed by atoms with Crippen LogP contribution in [0.3, 0.4) is 0 Å². The van der Waals surface area contributed by atoms with Gasteiger partial charge in [0, 0.05) is 11.3 Å². The number of Topliss-reactive ketones (excluding diaryl/α,β-unsaturated/α-hetero) is 4. The highest BCUT2D eigenvalue weighted by atomic mass is 16.3. The maximum atomic E-state index is 13.8. The number of primary amides is 1. The van der Waals surface area contributed by atoms with Crippen LogP contribution in [0.25, 0.3) is 0 Å². The first-order valence-corrected chi connectivity index (χ1v) is 10.6. The molecule has 1 aromatic carbocycles. The number of phenolic OH excluding ortho intramolecular Hbond substituents is 1. The van der Waals surface area contributed by atoms with Gasteiger partial charge in [0.25, 0.3) is 0 Å². The second-order valence-electron chi connectivity index (χ2n) is 10.0. The van der Waals surface area contributed by atoms with Crippen LogP contribution in [0, 0.1) is 23.7 Å². The van der Waals surface area contributed by atoms with Gasteiger partial charge in [-0.3, -0.25) is 28.9 Å². The monoisotopic (exact) mass is 440 g/mol. The van der Waals surface area contributed by atoms with Gasteiger partial charge in [0.05, 0.1) is 17.5 Å². The Morgan fingerprint density at radius 2 is 1.78 bits per heavy atom. The number of aliphatic hydroxyl groups is 1. The van der Waals surface area contributed by atoms with E-state index < -0.39 is 69.8 Å². The molecule has 0 saturated heterocycles. The Hall–Kier alpha value is -2.91. The number of likely N-dealkylation sites (N-methyl/N-ethyl adjacent to an activating group) is 1. The van der Waals surface area contributed by atoms with Crippen molar-refractivity contribution >= 4 is 29.0 Å². The Morgan fingerprint density at radius 3 is 2.38 bits per heavy atom. The minimum Gasteiger partial charge on any atom is -0.507 e. The van der Waals surface area contributed by atoms with Crippen molar-refractivity contribution in [2.45, 2.75) is 36.8 Å². The smallest absolute Gasteiger partial charge is 0.235 e. The van der Waals surface area contributed by atoms with Crippen LogP contribution >= 0.6 is 0 Å². The maximum absolute atomic E-state index is 13.8. The van der Waals surface area contributed by atoms with E-state index in [0.717, 1.165) is 5.56 Å². The Morgan fingerprint density at radius 1 is 1.12 bits per heavy atom. The molecule has 2 saturated carbocycles. The minimum atomic E-state index is -2.69. The van der Waals surface area contributed by atoms with Gasteiger partial charge in [0.2, 0.25) is 5.91 Å². The van der Waals surface area contributed by atoms with Crippen molar-refractivity contribution in [1.29, 1.82) is 0 Å². The first kappa shape index (κ1) is 21.0. The molecular formula is C23H24N2O7. The standard InChI is InChI=1S/C23H24N2O7/c1-22-7-8-4-5-11(26)13(15(8)22)17(27)12-9(22)6-10-16(25(2)3)18(28)14(21(24)31)20(30)23(10,32)19(12)29/h4-5,9-10,12,14,16,26,32H,6-7H2,1-3H3,(H2,24,31). The molecule has 4 N–H and O–H groups in total. The zero-order chi connectivity index (χ0) is 23.5. The first-order valence-electron chi connectivity index (χ1n) is 10.6. The average molecular weight is 440 g/mol. The number of hydrogen-bond donors (Lipinski definition) is 3. The molecular weight excluding hydrogens is 416 g/mol. The minimum absolute atomic E-state index is 0.0582. The van der Waals surface area contributed by atoms with Crippen LogP contribution in [0.4, 0.5) is 0 Å². The predicted molar refractivity (Wildman–Crippen MR) is 109 cm³/mol. The maximum Gasteiger partial charge on any atom is 0.235 e. The van der Waals surface area contributed by atoms with Gasteiger partial charge in [0.15, 0.2) is 34.7 Å². The van der Waals surface area contributed by atoms with Crippen LogP contribution in [-0.4, -0.2) is 69.9 Å². The molecule has 9 heteroatoms. The van der Waals surface area contributed by atoms with Gasteiger partial charge < -0.3 is 15.9 Å². The molecule has 0 radical (unpaired) electrons. The molecule has 7 atom stereocenters. The Kier molecular flexibility index (Phi) is 4.00. The lowest BCUT2D eigenvalue weighted by Gasteiger charge is -2.59. The van der Waals surface area contributed by atoms with E-state index in [1.165, 1.54) is 11.0 Å². The summed E-state index contributed by atoms with van der Waals surface area (Å²) >= 11 is 0. The van der Waals surface area contributed by atoms with Gasteiger partial charge in [0.1, 0.15) is 5.75 Å². The molecule has 0 heterocycles. The quantitative estimate of drug-likeness (QED) is 0.502. The summed E-state index contributed by atoms with van der Waals surface area (Å²) in [6.07, 6.45) is 0.635. The molecule has 0 bridgehead atoms. The number of phenols is 1. The fourth-order valence-corrected chi connectivity index (χ4v) is 6.91. The number of aromatic hydroxyl groups is 1. The summed E-state index contributed by atoms with van der Waals surface area (Å²) in [7, 11) is 3.13. The summed E-state index contributed by atoms with van der Waals surface area (Å²) in [6.45, 7) is 1.91. The number of amides is 1. The lowest BCUT2D eigenvalue weighted by molar-refractivity contribution is -0.183. The van der Waals surface area contributed by atoms with E-state index in [1.807, 2.05) is 6.92 Å². The number of ketones is 4. The Balaban J connectivity index is 1.72. The molecule has 0 aliphatic heterocycles. The molecule has 32 heavy (non-hydrogen) atoms. The molecule has 0 spiro atoms. The lowest BCUT2D eigenvalue weighted by atomic mass is 9.43. The number of nitrogens with two attached hydrogens (primary N) is 1. The largest absolute Gasteiger partial charge is 0.507 e. The molecule has 4 aliphatic rings. The number of benzene rings is 1. The number of rotatable bonds is 2. The number of carbonyl (C=O) groups is 5. The first-order chi connectivity index (χ1) is 14.9. The second-order valence-corrected chi connectivity index (χ2v) is 10.0. The van der Waals surface area contributed by atoms with E-state index in [-0.39, 0.29) is 17.7 Å². The Bertz CT molecular complexity index is 1160. The summed E-state index contributed by atoms with van der Waals surface area (Å²) in [5, 5.41) is 21.9. The van der Waals surface area contributed by atoms with E-state index in [2.05, 4.69) is 0 Å². The van der Waals surface area contributed by atoms with E-state index in [0.29, 0.717) is 12.0 Å². The van der Waals surface area contributed by atoms with E-state index in [9.17, 15) is 34.2 Å². The van der Waals surface area contributed by atoms with Crippen molar-refractivity contribution in [1.82, 2.24) is 4.90 Å². The van der Waals surface area contributed by atoms with Crippen molar-refractivity contribution in [3.8, 4) is 5.75 Å². The molecule has 7 unspecified atom stereocenters. The van der Waals surface area contributed by atoms with Gasteiger partial charge in [-0.15, -0.1) is 0 Å². The summed E-state index contributed by atoms with van der Waals surface area (Å²) < 4.78 is 0. The van der Waals surface area contributed by atoms with E-state index >= 15 is 0 Å². The van der Waals surface area contributed by atoms with Crippen LogP contribution in [-0.2, 0) is 31.0 Å². The highest BCUT2D eigenvalue weighted by molar-refractivity contribution is 6.32. The van der Waals surface area contributed by atoms with Crippen molar-refractivity contribution < 1.29 is 34.2 Å². The molecule has 1 aromatic rings. The number of fused-ring (bicyclic) bond motifs is 3. The molecule has 168 valence electrons. The third kappa shape index (κ3) is 2.13. The van der Waals surface area contributed by atoms with Crippen LogP contribution in [0.2, 0.25) is 0 Å². The zero-order valence-corrected chi connectivity index (χ0v) is 17.9. The summed E-state index contributed by atoms with van der Waals surface area (Å²) in [5.41, 5.74) is 3.67. The van der Waals surface area contributed by atoms with Crippen LogP contribution in [0.15, 0.2) is 12.1 Å². The third-order valence-electron chi connectivity index (χ3n) is 8.29. The van der Waals surface area contributed by atoms with Gasteiger partial charge in [-0.1, -0.05) is 13.0 Å².